The van der Waals surface area contributed by atoms with Gasteiger partial charge >= 0.3 is 6.18 Å². The van der Waals surface area contributed by atoms with E-state index >= 15 is 0 Å². The third-order valence-corrected chi connectivity index (χ3v) is 6.90. The maximum atomic E-state index is 13.3. The molecule has 1 aromatic carbocycles. The Hall–Kier alpha value is -2.04. The van der Waals surface area contributed by atoms with Gasteiger partial charge in [0.2, 0.25) is 0 Å². The number of carbonyl (C=O) groups is 1. The van der Waals surface area contributed by atoms with E-state index in [0.29, 0.717) is 37.2 Å². The number of aromatic nitrogens is 2. The molecular weight excluding hydrogens is 395 g/mol. The van der Waals surface area contributed by atoms with Gasteiger partial charge in [0, 0.05) is 18.7 Å². The highest BCUT2D eigenvalue weighted by molar-refractivity contribution is 8.23. The summed E-state index contributed by atoms with van der Waals surface area (Å²) in [7, 11) is -2.76. The third-order valence-electron chi connectivity index (χ3n) is 5.39. The standard InChI is InChI=1S/C18H20F3N3O3S/c19-18(20,21)14-4-2-1-3-12(14)11-5-7-24(8-6-11)17(25)16-13-9-28(26,27)10-15(13)22-23-16/h1-4,11,26-27H,5-10H2,(H,22,23). The van der Waals surface area contributed by atoms with Crippen molar-refractivity contribution in [1.29, 1.82) is 0 Å². The summed E-state index contributed by atoms with van der Waals surface area (Å²) in [6.45, 7) is 0.654. The van der Waals surface area contributed by atoms with E-state index in [-0.39, 0.29) is 34.6 Å². The number of likely N-dealkylation sites (tertiary alicyclic amines) is 1. The van der Waals surface area contributed by atoms with Crippen LogP contribution in [0, 0.1) is 0 Å². The Morgan fingerprint density at radius 1 is 1.18 bits per heavy atom. The Bertz CT molecular complexity index is 905. The first kappa shape index (κ1) is 19.3. The summed E-state index contributed by atoms with van der Waals surface area (Å²) < 4.78 is 59.5. The molecule has 10 heteroatoms. The van der Waals surface area contributed by atoms with E-state index < -0.39 is 22.3 Å². The van der Waals surface area contributed by atoms with Crippen molar-refractivity contribution < 1.29 is 27.1 Å². The number of amides is 1. The van der Waals surface area contributed by atoms with Gasteiger partial charge in [-0.25, -0.2) is 0 Å². The SMILES string of the molecule is O=C(c1n[nH]c2c1CS(O)(O)C2)N1CCC(c2ccccc2C(F)(F)F)CC1. The zero-order chi connectivity index (χ0) is 20.1. The number of halogens is 3. The number of fused-ring (bicyclic) bond motifs is 1. The van der Waals surface area contributed by atoms with Gasteiger partial charge in [-0.15, -0.1) is 0 Å². The molecule has 3 heterocycles. The largest absolute Gasteiger partial charge is 0.416 e. The lowest BCUT2D eigenvalue weighted by atomic mass is 9.86. The molecule has 2 aliphatic rings. The van der Waals surface area contributed by atoms with Crippen LogP contribution in [0.15, 0.2) is 24.3 Å². The number of H-pyrrole nitrogens is 1. The molecule has 3 N–H and O–H groups in total. The number of benzene rings is 1. The van der Waals surface area contributed by atoms with Crippen molar-refractivity contribution in [3.8, 4) is 0 Å². The zero-order valence-corrected chi connectivity index (χ0v) is 15.7. The van der Waals surface area contributed by atoms with Crippen molar-refractivity contribution in [1.82, 2.24) is 15.1 Å². The van der Waals surface area contributed by atoms with Crippen molar-refractivity contribution in [2.24, 2.45) is 0 Å². The van der Waals surface area contributed by atoms with E-state index in [9.17, 15) is 27.1 Å². The minimum absolute atomic E-state index is 0.00926. The van der Waals surface area contributed by atoms with Gasteiger partial charge in [0.05, 0.1) is 22.8 Å². The topological polar surface area (TPSA) is 89.5 Å². The van der Waals surface area contributed by atoms with Gasteiger partial charge in [-0.2, -0.15) is 28.9 Å². The number of hydrogen-bond acceptors (Lipinski definition) is 4. The molecule has 4 rings (SSSR count). The highest BCUT2D eigenvalue weighted by Crippen LogP contribution is 2.52. The highest BCUT2D eigenvalue weighted by Gasteiger charge is 2.37. The van der Waals surface area contributed by atoms with Gasteiger partial charge in [0.25, 0.3) is 5.91 Å². The van der Waals surface area contributed by atoms with Crippen molar-refractivity contribution in [2.45, 2.75) is 36.4 Å². The normalized spacial score (nSPS) is 20.8. The van der Waals surface area contributed by atoms with Crippen LogP contribution in [0.25, 0.3) is 0 Å². The second-order valence-corrected chi connectivity index (χ2v) is 9.45. The van der Waals surface area contributed by atoms with Crippen LogP contribution < -0.4 is 0 Å². The number of alkyl halides is 3. The van der Waals surface area contributed by atoms with E-state index in [0.717, 1.165) is 6.07 Å². The number of nitrogens with zero attached hydrogens (tertiary/aromatic N) is 2. The van der Waals surface area contributed by atoms with Crippen molar-refractivity contribution >= 4 is 16.5 Å². The van der Waals surface area contributed by atoms with Crippen molar-refractivity contribution in [3.05, 3.63) is 52.3 Å². The third kappa shape index (κ3) is 3.51. The summed E-state index contributed by atoms with van der Waals surface area (Å²) in [5.74, 6) is -0.509. The molecule has 0 spiro atoms. The molecule has 2 aliphatic heterocycles. The summed E-state index contributed by atoms with van der Waals surface area (Å²) in [6, 6.07) is 5.59. The number of piperidine rings is 1. The van der Waals surface area contributed by atoms with Gasteiger partial charge in [-0.05, 0) is 30.4 Å². The summed E-state index contributed by atoms with van der Waals surface area (Å²) in [5.41, 5.74) is 0.945. The second-order valence-electron chi connectivity index (χ2n) is 7.27. The molecule has 1 aromatic heterocycles. The van der Waals surface area contributed by atoms with Crippen LogP contribution >= 0.6 is 10.6 Å². The van der Waals surface area contributed by atoms with Gasteiger partial charge < -0.3 is 4.90 Å². The molecule has 1 fully saturated rings. The second kappa shape index (κ2) is 6.78. The van der Waals surface area contributed by atoms with E-state index in [1.54, 1.807) is 11.0 Å². The summed E-state index contributed by atoms with van der Waals surface area (Å²) in [6.07, 6.45) is -3.54. The molecule has 0 bridgehead atoms. The van der Waals surface area contributed by atoms with Crippen LogP contribution in [0.3, 0.4) is 0 Å². The Morgan fingerprint density at radius 2 is 1.86 bits per heavy atom. The average Bonchev–Trinajstić information content (AvgIpc) is 3.15. The molecule has 0 saturated carbocycles. The maximum Gasteiger partial charge on any atom is 0.416 e. The predicted molar refractivity (Wildman–Crippen MR) is 98.2 cm³/mol. The minimum Gasteiger partial charge on any atom is -0.337 e. The molecule has 0 radical (unpaired) electrons. The lowest BCUT2D eigenvalue weighted by Gasteiger charge is -2.33. The van der Waals surface area contributed by atoms with Crippen LogP contribution in [0.1, 0.15) is 51.6 Å². The number of aromatic amines is 1. The molecule has 152 valence electrons. The molecule has 1 saturated heterocycles. The maximum absolute atomic E-state index is 13.3. The van der Waals surface area contributed by atoms with Gasteiger partial charge in [0.15, 0.2) is 5.69 Å². The summed E-state index contributed by atoms with van der Waals surface area (Å²) in [5, 5.41) is 6.73. The summed E-state index contributed by atoms with van der Waals surface area (Å²) in [4.78, 5) is 14.4. The monoisotopic (exact) mass is 415 g/mol. The molecule has 2 aromatic rings. The molecule has 28 heavy (non-hydrogen) atoms. The van der Waals surface area contributed by atoms with E-state index in [4.69, 9.17) is 0 Å². The van der Waals surface area contributed by atoms with Crippen LogP contribution in [0.2, 0.25) is 0 Å². The van der Waals surface area contributed by atoms with Gasteiger partial charge in [-0.1, -0.05) is 18.2 Å². The fourth-order valence-corrected chi connectivity index (χ4v) is 5.60. The highest BCUT2D eigenvalue weighted by atomic mass is 32.3. The van der Waals surface area contributed by atoms with Crippen LogP contribution in [-0.2, 0) is 17.7 Å². The Morgan fingerprint density at radius 3 is 2.54 bits per heavy atom. The van der Waals surface area contributed by atoms with Gasteiger partial charge in [-0.3, -0.25) is 19.0 Å². The predicted octanol–water partition coefficient (Wildman–Crippen LogP) is 4.21. The lowest BCUT2D eigenvalue weighted by molar-refractivity contribution is -0.138. The number of carbonyl (C=O) groups excluding carboxylic acids is 1. The number of nitrogens with one attached hydrogen (secondary N) is 1. The molecule has 1 amide bonds. The fraction of sp³-hybridized carbons (Fsp3) is 0.444. The van der Waals surface area contributed by atoms with Gasteiger partial charge in [0.1, 0.15) is 0 Å². The molecular formula is C18H20F3N3O3S. The van der Waals surface area contributed by atoms with E-state index in [1.165, 1.54) is 12.1 Å². The Labute approximate surface area is 161 Å². The van der Waals surface area contributed by atoms with Crippen LogP contribution in [-0.4, -0.2) is 43.2 Å². The molecule has 0 unspecified atom stereocenters. The lowest BCUT2D eigenvalue weighted by Crippen LogP contribution is -2.38. The summed E-state index contributed by atoms with van der Waals surface area (Å²) >= 11 is 0. The average molecular weight is 415 g/mol. The molecule has 0 aliphatic carbocycles. The first-order valence-electron chi connectivity index (χ1n) is 8.91. The molecule has 6 nitrogen and oxygen atoms in total. The van der Waals surface area contributed by atoms with E-state index in [1.807, 2.05) is 0 Å². The smallest absolute Gasteiger partial charge is 0.337 e. The first-order chi connectivity index (χ1) is 13.2. The van der Waals surface area contributed by atoms with Crippen LogP contribution in [0.4, 0.5) is 13.2 Å². The van der Waals surface area contributed by atoms with Crippen molar-refractivity contribution in [3.63, 3.8) is 0 Å². The Kier molecular flexibility index (Phi) is 4.67. The number of hydrogen-bond donors (Lipinski definition) is 3. The first-order valence-corrected chi connectivity index (χ1v) is 10.8. The Balaban J connectivity index is 1.47. The fourth-order valence-electron chi connectivity index (χ4n) is 4.02. The van der Waals surface area contributed by atoms with E-state index in [2.05, 4.69) is 10.2 Å². The quantitative estimate of drug-likeness (QED) is 0.685. The van der Waals surface area contributed by atoms with Crippen molar-refractivity contribution in [2.75, 3.05) is 13.1 Å². The number of rotatable bonds is 2. The molecule has 0 atom stereocenters. The minimum atomic E-state index is -4.40. The zero-order valence-electron chi connectivity index (χ0n) is 14.9. The van der Waals surface area contributed by atoms with Crippen LogP contribution in [0.5, 0.6) is 0 Å².